The van der Waals surface area contributed by atoms with E-state index in [-0.39, 0.29) is 29.3 Å². The van der Waals surface area contributed by atoms with Crippen molar-refractivity contribution in [3.63, 3.8) is 0 Å². The van der Waals surface area contributed by atoms with Crippen LogP contribution in [0.5, 0.6) is 11.8 Å². The van der Waals surface area contributed by atoms with Gasteiger partial charge in [-0.2, -0.15) is 0 Å². The van der Waals surface area contributed by atoms with Gasteiger partial charge in [0.2, 0.25) is 17.7 Å². The molecule has 2 atom stereocenters. The second-order valence-electron chi connectivity index (χ2n) is 10.6. The summed E-state index contributed by atoms with van der Waals surface area (Å²) in [5, 5.41) is 26.4. The Morgan fingerprint density at radius 2 is 1.49 bits per heavy atom. The molecule has 1 heterocycles. The van der Waals surface area contributed by atoms with E-state index in [1.807, 2.05) is 54.6 Å². The molecule has 0 aliphatic carbocycles. The smallest absolute Gasteiger partial charge is 0.244 e. The van der Waals surface area contributed by atoms with Gasteiger partial charge in [-0.15, -0.1) is 0 Å². The van der Waals surface area contributed by atoms with Crippen LogP contribution in [0.15, 0.2) is 84.9 Å². The number of aromatic nitrogens is 1. The van der Waals surface area contributed by atoms with Crippen LogP contribution in [-0.4, -0.2) is 38.8 Å². The molecular formula is C34H34ClN3O5. The van der Waals surface area contributed by atoms with Crippen molar-refractivity contribution in [2.24, 2.45) is 5.92 Å². The highest BCUT2D eigenvalue weighted by molar-refractivity contribution is 6.30. The van der Waals surface area contributed by atoms with E-state index in [1.54, 1.807) is 44.2 Å². The minimum absolute atomic E-state index is 0.0785. The van der Waals surface area contributed by atoms with E-state index < -0.39 is 35.6 Å². The molecule has 222 valence electrons. The molecule has 8 nitrogen and oxygen atoms in total. The van der Waals surface area contributed by atoms with Gasteiger partial charge in [-0.3, -0.25) is 19.4 Å². The van der Waals surface area contributed by atoms with Gasteiger partial charge in [0.15, 0.2) is 11.7 Å². The Hall–Kier alpha value is -4.82. The molecule has 5 N–H and O–H groups in total. The number of benzene rings is 3. The number of rotatable bonds is 11. The monoisotopic (exact) mass is 599 g/mol. The standard InChI is InChI=1S/C34H34ClN3O5/c1-20(2)31(32(41)30-21(3)33(42)38-34(30)43)37-29(40)19-27(36-28(39)18-11-22-9-16-26(35)17-10-22)25-14-12-24(13-15-25)23-7-5-4-6-8-23/h4-18,20,27,31,38,42-43H,19H2,1-3H3,(H,36,39)(H,37,40)/t27?,31-/m0/s1. The Morgan fingerprint density at radius 1 is 0.860 bits per heavy atom. The highest BCUT2D eigenvalue weighted by Gasteiger charge is 2.31. The predicted molar refractivity (Wildman–Crippen MR) is 168 cm³/mol. The maximum atomic E-state index is 13.4. The summed E-state index contributed by atoms with van der Waals surface area (Å²) < 4.78 is 0. The fourth-order valence-electron chi connectivity index (χ4n) is 4.73. The van der Waals surface area contributed by atoms with E-state index in [9.17, 15) is 24.6 Å². The first-order chi connectivity index (χ1) is 20.5. The van der Waals surface area contributed by atoms with Crippen molar-refractivity contribution in [3.8, 4) is 22.9 Å². The molecule has 9 heteroatoms. The summed E-state index contributed by atoms with van der Waals surface area (Å²) >= 11 is 5.95. The van der Waals surface area contributed by atoms with Crippen LogP contribution in [-0.2, 0) is 9.59 Å². The van der Waals surface area contributed by atoms with Crippen LogP contribution in [0.2, 0.25) is 5.02 Å². The van der Waals surface area contributed by atoms with Crippen molar-refractivity contribution >= 4 is 35.3 Å². The molecule has 0 aliphatic heterocycles. The Labute approximate surface area is 255 Å². The Balaban J connectivity index is 1.55. The van der Waals surface area contributed by atoms with E-state index >= 15 is 0 Å². The number of amides is 2. The maximum absolute atomic E-state index is 13.4. The van der Waals surface area contributed by atoms with Crippen molar-refractivity contribution in [2.75, 3.05) is 0 Å². The van der Waals surface area contributed by atoms with Gasteiger partial charge in [-0.25, -0.2) is 0 Å². The SMILES string of the molecule is Cc1c(O)[nH]c(O)c1C(=O)[C@@H](NC(=O)CC(NC(=O)C=Cc1ccc(Cl)cc1)c1ccc(-c2ccccc2)cc1)C(C)C. The van der Waals surface area contributed by atoms with Crippen LogP contribution in [0.3, 0.4) is 0 Å². The molecule has 1 aromatic heterocycles. The topological polar surface area (TPSA) is 132 Å². The molecule has 3 aromatic carbocycles. The van der Waals surface area contributed by atoms with Crippen LogP contribution < -0.4 is 10.6 Å². The van der Waals surface area contributed by atoms with Crippen LogP contribution in [0.25, 0.3) is 17.2 Å². The van der Waals surface area contributed by atoms with Crippen LogP contribution in [0.1, 0.15) is 53.4 Å². The molecule has 0 bridgehead atoms. The van der Waals surface area contributed by atoms with Gasteiger partial charge in [0, 0.05) is 16.7 Å². The Kier molecular flexibility index (Phi) is 10.1. The van der Waals surface area contributed by atoms with Gasteiger partial charge in [-0.1, -0.05) is 92.2 Å². The predicted octanol–water partition coefficient (Wildman–Crippen LogP) is 6.34. The van der Waals surface area contributed by atoms with Crippen molar-refractivity contribution in [2.45, 2.75) is 39.3 Å². The lowest BCUT2D eigenvalue weighted by Gasteiger charge is -2.24. The maximum Gasteiger partial charge on any atom is 0.244 e. The molecule has 2 amide bonds. The van der Waals surface area contributed by atoms with Gasteiger partial charge in [-0.05, 0) is 53.3 Å². The zero-order valence-corrected chi connectivity index (χ0v) is 24.9. The average Bonchev–Trinajstić information content (AvgIpc) is 3.25. The number of nitrogens with one attached hydrogen (secondary N) is 3. The number of aromatic hydroxyl groups is 2. The summed E-state index contributed by atoms with van der Waals surface area (Å²) in [5.74, 6) is -2.51. The van der Waals surface area contributed by atoms with Gasteiger partial charge < -0.3 is 20.8 Å². The third-order valence-electron chi connectivity index (χ3n) is 7.14. The number of carbonyl (C=O) groups excluding carboxylic acids is 3. The first-order valence-corrected chi connectivity index (χ1v) is 14.2. The van der Waals surface area contributed by atoms with Gasteiger partial charge in [0.25, 0.3) is 0 Å². The second-order valence-corrected chi connectivity index (χ2v) is 11.1. The molecule has 1 unspecified atom stereocenters. The van der Waals surface area contributed by atoms with Crippen LogP contribution in [0.4, 0.5) is 0 Å². The number of aromatic amines is 1. The fraction of sp³-hybridized carbons (Fsp3) is 0.206. The van der Waals surface area contributed by atoms with Gasteiger partial charge >= 0.3 is 0 Å². The number of hydrogen-bond acceptors (Lipinski definition) is 5. The van der Waals surface area contributed by atoms with E-state index in [0.717, 1.165) is 16.7 Å². The third-order valence-corrected chi connectivity index (χ3v) is 7.39. The lowest BCUT2D eigenvalue weighted by atomic mass is 9.93. The Morgan fingerprint density at radius 3 is 2.07 bits per heavy atom. The van der Waals surface area contributed by atoms with Crippen LogP contribution in [0, 0.1) is 12.8 Å². The van der Waals surface area contributed by atoms with E-state index in [2.05, 4.69) is 15.6 Å². The summed E-state index contributed by atoms with van der Waals surface area (Å²) in [5.41, 5.74) is 3.62. The summed E-state index contributed by atoms with van der Waals surface area (Å²) in [6.45, 7) is 5.04. The zero-order chi connectivity index (χ0) is 31.1. The first kappa shape index (κ1) is 31.1. The molecule has 0 saturated carbocycles. The van der Waals surface area contributed by atoms with Crippen molar-refractivity contribution in [1.29, 1.82) is 0 Å². The fourth-order valence-corrected chi connectivity index (χ4v) is 4.86. The highest BCUT2D eigenvalue weighted by Crippen LogP contribution is 2.30. The van der Waals surface area contributed by atoms with Crippen molar-refractivity contribution < 1.29 is 24.6 Å². The quantitative estimate of drug-likeness (QED) is 0.101. The summed E-state index contributed by atoms with van der Waals surface area (Å²) in [6, 6.07) is 22.7. The number of hydrogen-bond donors (Lipinski definition) is 5. The summed E-state index contributed by atoms with van der Waals surface area (Å²) in [6.07, 6.45) is 2.89. The first-order valence-electron chi connectivity index (χ1n) is 13.9. The van der Waals surface area contributed by atoms with Crippen molar-refractivity contribution in [3.05, 3.63) is 112 Å². The minimum atomic E-state index is -0.978. The van der Waals surface area contributed by atoms with E-state index in [1.165, 1.54) is 13.0 Å². The molecule has 0 radical (unpaired) electrons. The van der Waals surface area contributed by atoms with Crippen LogP contribution >= 0.6 is 11.6 Å². The lowest BCUT2D eigenvalue weighted by molar-refractivity contribution is -0.123. The third kappa shape index (κ3) is 7.93. The molecule has 4 aromatic rings. The number of ketones is 1. The number of H-pyrrole nitrogens is 1. The highest BCUT2D eigenvalue weighted by atomic mass is 35.5. The molecule has 0 fully saturated rings. The number of halogens is 1. The number of carbonyl (C=O) groups is 3. The summed E-state index contributed by atoms with van der Waals surface area (Å²) in [4.78, 5) is 42.0. The largest absolute Gasteiger partial charge is 0.494 e. The van der Waals surface area contributed by atoms with Gasteiger partial charge in [0.1, 0.15) is 0 Å². The van der Waals surface area contributed by atoms with Gasteiger partial charge in [0.05, 0.1) is 24.1 Å². The molecular weight excluding hydrogens is 566 g/mol. The molecule has 43 heavy (non-hydrogen) atoms. The Bertz CT molecular complexity index is 1610. The molecule has 0 saturated heterocycles. The minimum Gasteiger partial charge on any atom is -0.494 e. The molecule has 4 rings (SSSR count). The normalized spacial score (nSPS) is 12.7. The number of Topliss-reactive ketones (excluding diaryl/α,β-unsaturated/α-hetero) is 1. The second kappa shape index (κ2) is 13.9. The zero-order valence-electron chi connectivity index (χ0n) is 24.1. The lowest BCUT2D eigenvalue weighted by Crippen LogP contribution is -2.45. The van der Waals surface area contributed by atoms with E-state index in [4.69, 9.17) is 11.6 Å². The molecule has 0 aliphatic rings. The average molecular weight is 600 g/mol. The van der Waals surface area contributed by atoms with E-state index in [0.29, 0.717) is 10.6 Å². The summed E-state index contributed by atoms with van der Waals surface area (Å²) in [7, 11) is 0. The molecule has 0 spiro atoms. The van der Waals surface area contributed by atoms with Crippen molar-refractivity contribution in [1.82, 2.24) is 15.6 Å².